The Kier molecular flexibility index (Phi) is 7.63. The van der Waals surface area contributed by atoms with Crippen molar-refractivity contribution in [3.8, 4) is 0 Å². The van der Waals surface area contributed by atoms with Crippen LogP contribution in [0, 0.1) is 11.3 Å². The Morgan fingerprint density at radius 3 is 2.36 bits per heavy atom. The zero-order valence-corrected chi connectivity index (χ0v) is 14.6. The first-order chi connectivity index (χ1) is 10.0. The molecule has 0 spiro atoms. The first-order valence-corrected chi connectivity index (χ1v) is 8.26. The van der Waals surface area contributed by atoms with Crippen LogP contribution in [0.2, 0.25) is 0 Å². The lowest BCUT2D eigenvalue weighted by molar-refractivity contribution is -0.129. The summed E-state index contributed by atoms with van der Waals surface area (Å²) >= 11 is 0. The Labute approximate surface area is 139 Å². The van der Waals surface area contributed by atoms with Gasteiger partial charge >= 0.3 is 0 Å². The molecule has 2 rings (SSSR count). The van der Waals surface area contributed by atoms with Gasteiger partial charge < -0.3 is 16.0 Å². The molecule has 1 saturated carbocycles. The van der Waals surface area contributed by atoms with Gasteiger partial charge in [-0.05, 0) is 50.1 Å². The molecule has 5 nitrogen and oxygen atoms in total. The maximum absolute atomic E-state index is 12.5. The van der Waals surface area contributed by atoms with E-state index in [9.17, 15) is 9.59 Å². The highest BCUT2D eigenvalue weighted by atomic mass is 35.5. The SMILES string of the molecule is CC(=O)NC(C(=O)NCC1(C)CCNCC1)C1CCCC1.Cl. The number of hydrogen-bond donors (Lipinski definition) is 3. The second-order valence-electron chi connectivity index (χ2n) is 7.00. The number of hydrogen-bond acceptors (Lipinski definition) is 3. The Morgan fingerprint density at radius 2 is 1.82 bits per heavy atom. The highest BCUT2D eigenvalue weighted by Crippen LogP contribution is 2.29. The predicted octanol–water partition coefficient (Wildman–Crippen LogP) is 1.61. The van der Waals surface area contributed by atoms with Crippen molar-refractivity contribution in [2.75, 3.05) is 19.6 Å². The summed E-state index contributed by atoms with van der Waals surface area (Å²) in [6, 6.07) is -0.352. The summed E-state index contributed by atoms with van der Waals surface area (Å²) in [6.07, 6.45) is 6.58. The van der Waals surface area contributed by atoms with Crippen molar-refractivity contribution < 1.29 is 9.59 Å². The lowest BCUT2D eigenvalue weighted by Crippen LogP contribution is -2.52. The molecule has 0 aromatic rings. The highest BCUT2D eigenvalue weighted by molar-refractivity contribution is 5.87. The summed E-state index contributed by atoms with van der Waals surface area (Å²) in [7, 11) is 0. The molecule has 6 heteroatoms. The zero-order valence-electron chi connectivity index (χ0n) is 13.7. The second-order valence-corrected chi connectivity index (χ2v) is 7.00. The standard InChI is InChI=1S/C16H29N3O2.ClH/c1-12(20)19-14(13-5-3-4-6-13)15(21)18-11-16(2)7-9-17-10-8-16;/h13-14,17H,3-11H2,1-2H3,(H,18,21)(H,19,20);1H. The van der Waals surface area contributed by atoms with Crippen LogP contribution in [-0.2, 0) is 9.59 Å². The third-order valence-electron chi connectivity index (χ3n) is 5.01. The predicted molar refractivity (Wildman–Crippen MR) is 90.0 cm³/mol. The fourth-order valence-electron chi connectivity index (χ4n) is 3.52. The van der Waals surface area contributed by atoms with E-state index in [-0.39, 0.29) is 35.7 Å². The van der Waals surface area contributed by atoms with Gasteiger partial charge in [-0.1, -0.05) is 19.8 Å². The van der Waals surface area contributed by atoms with Gasteiger partial charge in [0.25, 0.3) is 0 Å². The molecule has 1 heterocycles. The number of carbonyl (C=O) groups excluding carboxylic acids is 2. The largest absolute Gasteiger partial charge is 0.354 e. The van der Waals surface area contributed by atoms with Crippen LogP contribution in [0.3, 0.4) is 0 Å². The van der Waals surface area contributed by atoms with Crippen molar-refractivity contribution in [3.63, 3.8) is 0 Å². The van der Waals surface area contributed by atoms with Gasteiger partial charge in [0.15, 0.2) is 0 Å². The van der Waals surface area contributed by atoms with E-state index in [0.29, 0.717) is 12.5 Å². The van der Waals surface area contributed by atoms with Crippen LogP contribution in [-0.4, -0.2) is 37.5 Å². The van der Waals surface area contributed by atoms with Crippen LogP contribution in [0.1, 0.15) is 52.4 Å². The molecule has 3 N–H and O–H groups in total. The van der Waals surface area contributed by atoms with Crippen LogP contribution >= 0.6 is 12.4 Å². The lowest BCUT2D eigenvalue weighted by Gasteiger charge is -2.35. The molecule has 2 amide bonds. The number of halogens is 1. The van der Waals surface area contributed by atoms with E-state index in [1.165, 1.54) is 6.92 Å². The third-order valence-corrected chi connectivity index (χ3v) is 5.01. The molecule has 1 aliphatic carbocycles. The molecule has 2 aliphatic rings. The van der Waals surface area contributed by atoms with Crippen LogP contribution < -0.4 is 16.0 Å². The lowest BCUT2D eigenvalue weighted by atomic mass is 9.81. The average molecular weight is 332 g/mol. The molecule has 22 heavy (non-hydrogen) atoms. The van der Waals surface area contributed by atoms with Crippen molar-refractivity contribution in [2.45, 2.75) is 58.4 Å². The van der Waals surface area contributed by atoms with Crippen molar-refractivity contribution >= 4 is 24.2 Å². The van der Waals surface area contributed by atoms with E-state index in [1.807, 2.05) is 0 Å². The molecular weight excluding hydrogens is 302 g/mol. The minimum Gasteiger partial charge on any atom is -0.354 e. The van der Waals surface area contributed by atoms with Crippen molar-refractivity contribution in [1.29, 1.82) is 0 Å². The Morgan fingerprint density at radius 1 is 1.23 bits per heavy atom. The minimum absolute atomic E-state index is 0. The molecule has 2 fully saturated rings. The summed E-state index contributed by atoms with van der Waals surface area (Å²) < 4.78 is 0. The summed E-state index contributed by atoms with van der Waals surface area (Å²) in [5.74, 6) is 0.182. The number of nitrogens with one attached hydrogen (secondary N) is 3. The Bertz CT molecular complexity index is 378. The first kappa shape index (κ1) is 19.2. The summed E-state index contributed by atoms with van der Waals surface area (Å²) in [4.78, 5) is 23.9. The molecule has 0 aromatic carbocycles. The fourth-order valence-corrected chi connectivity index (χ4v) is 3.52. The van der Waals surface area contributed by atoms with Gasteiger partial charge in [0.05, 0.1) is 0 Å². The quantitative estimate of drug-likeness (QED) is 0.717. The molecule has 1 atom stereocenters. The summed E-state index contributed by atoms with van der Waals surface area (Å²) in [5, 5.41) is 9.30. The minimum atomic E-state index is -0.352. The fraction of sp³-hybridized carbons (Fsp3) is 0.875. The van der Waals surface area contributed by atoms with Crippen molar-refractivity contribution in [2.24, 2.45) is 11.3 Å². The Balaban J connectivity index is 0.00000242. The average Bonchev–Trinajstić information content (AvgIpc) is 2.97. The topological polar surface area (TPSA) is 70.2 Å². The first-order valence-electron chi connectivity index (χ1n) is 8.26. The van der Waals surface area contributed by atoms with Gasteiger partial charge in [-0.15, -0.1) is 12.4 Å². The number of piperidine rings is 1. The van der Waals surface area contributed by atoms with Gasteiger partial charge in [0.1, 0.15) is 6.04 Å². The van der Waals surface area contributed by atoms with E-state index in [0.717, 1.165) is 51.6 Å². The smallest absolute Gasteiger partial charge is 0.242 e. The van der Waals surface area contributed by atoms with E-state index in [1.54, 1.807) is 0 Å². The maximum atomic E-state index is 12.5. The summed E-state index contributed by atoms with van der Waals surface area (Å²) in [6.45, 7) is 6.46. The molecule has 0 aromatic heterocycles. The van der Waals surface area contributed by atoms with Crippen LogP contribution in [0.25, 0.3) is 0 Å². The maximum Gasteiger partial charge on any atom is 0.242 e. The van der Waals surface area contributed by atoms with Crippen LogP contribution in [0.5, 0.6) is 0 Å². The van der Waals surface area contributed by atoms with Crippen LogP contribution in [0.15, 0.2) is 0 Å². The summed E-state index contributed by atoms with van der Waals surface area (Å²) in [5.41, 5.74) is 0.178. The van der Waals surface area contributed by atoms with Crippen LogP contribution in [0.4, 0.5) is 0 Å². The number of amides is 2. The van der Waals surface area contributed by atoms with Gasteiger partial charge in [-0.3, -0.25) is 9.59 Å². The number of carbonyl (C=O) groups is 2. The monoisotopic (exact) mass is 331 g/mol. The normalized spacial score (nSPS) is 22.5. The molecule has 1 aliphatic heterocycles. The van der Waals surface area contributed by atoms with E-state index in [4.69, 9.17) is 0 Å². The van der Waals surface area contributed by atoms with Gasteiger partial charge in [0.2, 0.25) is 11.8 Å². The van der Waals surface area contributed by atoms with Gasteiger partial charge in [-0.25, -0.2) is 0 Å². The van der Waals surface area contributed by atoms with Crippen molar-refractivity contribution in [3.05, 3.63) is 0 Å². The second kappa shape index (κ2) is 8.73. The molecule has 0 radical (unpaired) electrons. The highest BCUT2D eigenvalue weighted by Gasteiger charge is 2.33. The van der Waals surface area contributed by atoms with Gasteiger partial charge in [-0.2, -0.15) is 0 Å². The molecule has 1 unspecified atom stereocenters. The van der Waals surface area contributed by atoms with E-state index < -0.39 is 0 Å². The molecule has 128 valence electrons. The number of rotatable bonds is 5. The van der Waals surface area contributed by atoms with E-state index in [2.05, 4.69) is 22.9 Å². The Hall–Kier alpha value is -0.810. The molecular formula is C16H30ClN3O2. The molecule has 0 bridgehead atoms. The van der Waals surface area contributed by atoms with Gasteiger partial charge in [0, 0.05) is 13.5 Å². The van der Waals surface area contributed by atoms with Crippen molar-refractivity contribution in [1.82, 2.24) is 16.0 Å². The third kappa shape index (κ3) is 5.43. The van der Waals surface area contributed by atoms with E-state index >= 15 is 0 Å². The molecule has 1 saturated heterocycles. The zero-order chi connectivity index (χ0) is 15.3.